The molecule has 0 bridgehead atoms. The maximum absolute atomic E-state index is 11.4. The van der Waals surface area contributed by atoms with Crippen LogP contribution in [-0.2, 0) is 0 Å². The Morgan fingerprint density at radius 3 is 2.90 bits per heavy atom. The monoisotopic (exact) mass is 283 g/mol. The Kier molecular flexibility index (Phi) is 3.27. The van der Waals surface area contributed by atoms with Gasteiger partial charge in [0.05, 0.1) is 0 Å². The number of benzene rings is 1. The average molecular weight is 283 g/mol. The Bertz CT molecular complexity index is 858. The van der Waals surface area contributed by atoms with Gasteiger partial charge in [-0.1, -0.05) is 0 Å². The summed E-state index contributed by atoms with van der Waals surface area (Å²) in [5.74, 6) is 1.41. The first kappa shape index (κ1) is 13.1. The minimum Gasteiger partial charge on any atom is -0.439 e. The molecule has 0 saturated heterocycles. The van der Waals surface area contributed by atoms with E-state index in [4.69, 9.17) is 9.15 Å². The molecule has 2 aromatic heterocycles. The number of ether oxygens (including phenoxy) is 1. The lowest BCUT2D eigenvalue weighted by molar-refractivity contribution is 0.461. The third-order valence-electron chi connectivity index (χ3n) is 3.00. The van der Waals surface area contributed by atoms with Gasteiger partial charge in [-0.3, -0.25) is 0 Å². The highest BCUT2D eigenvalue weighted by atomic mass is 16.5. The van der Waals surface area contributed by atoms with E-state index in [1.807, 2.05) is 13.0 Å². The summed E-state index contributed by atoms with van der Waals surface area (Å²) in [7, 11) is 1.73. The fourth-order valence-electron chi connectivity index (χ4n) is 2.01. The molecular weight excluding hydrogens is 270 g/mol. The van der Waals surface area contributed by atoms with Gasteiger partial charge in [0.25, 0.3) is 0 Å². The molecular formula is C15H13N3O3. The van der Waals surface area contributed by atoms with Crippen LogP contribution in [0.4, 0.5) is 5.95 Å². The van der Waals surface area contributed by atoms with Crippen molar-refractivity contribution in [3.8, 4) is 11.6 Å². The zero-order valence-electron chi connectivity index (χ0n) is 11.6. The van der Waals surface area contributed by atoms with Crippen molar-refractivity contribution >= 4 is 16.9 Å². The van der Waals surface area contributed by atoms with E-state index in [1.54, 1.807) is 31.4 Å². The molecule has 0 saturated carbocycles. The molecule has 3 aromatic rings. The molecule has 0 atom stereocenters. The van der Waals surface area contributed by atoms with Crippen LogP contribution in [0.5, 0.6) is 11.6 Å². The lowest BCUT2D eigenvalue weighted by atomic mass is 10.1. The number of nitrogens with zero attached hydrogens (tertiary/aromatic N) is 2. The third kappa shape index (κ3) is 2.69. The van der Waals surface area contributed by atoms with E-state index in [-0.39, 0.29) is 5.63 Å². The van der Waals surface area contributed by atoms with Gasteiger partial charge < -0.3 is 14.5 Å². The zero-order chi connectivity index (χ0) is 14.8. The largest absolute Gasteiger partial charge is 0.439 e. The fourth-order valence-corrected chi connectivity index (χ4v) is 2.01. The van der Waals surface area contributed by atoms with Crippen molar-refractivity contribution in [2.24, 2.45) is 0 Å². The van der Waals surface area contributed by atoms with Crippen LogP contribution in [0.15, 0.2) is 45.7 Å². The topological polar surface area (TPSA) is 77.3 Å². The third-order valence-corrected chi connectivity index (χ3v) is 3.00. The van der Waals surface area contributed by atoms with E-state index < -0.39 is 0 Å². The number of anilines is 1. The summed E-state index contributed by atoms with van der Waals surface area (Å²) in [6.07, 6.45) is 1.60. The minimum absolute atomic E-state index is 0.378. The van der Waals surface area contributed by atoms with Crippen molar-refractivity contribution in [1.82, 2.24) is 9.97 Å². The van der Waals surface area contributed by atoms with Gasteiger partial charge in [0.1, 0.15) is 11.3 Å². The van der Waals surface area contributed by atoms with Gasteiger partial charge in [0.2, 0.25) is 11.8 Å². The minimum atomic E-state index is -0.378. The molecule has 1 N–H and O–H groups in total. The molecule has 3 rings (SSSR count). The van der Waals surface area contributed by atoms with Crippen LogP contribution in [0.1, 0.15) is 5.56 Å². The van der Waals surface area contributed by atoms with Gasteiger partial charge in [-0.2, -0.15) is 4.98 Å². The summed E-state index contributed by atoms with van der Waals surface area (Å²) in [4.78, 5) is 19.6. The molecule has 0 spiro atoms. The number of aryl methyl sites for hydroxylation is 1. The molecule has 0 unspecified atom stereocenters. The highest BCUT2D eigenvalue weighted by molar-refractivity contribution is 5.81. The lowest BCUT2D eigenvalue weighted by Crippen LogP contribution is -1.99. The van der Waals surface area contributed by atoms with Crippen LogP contribution in [0.2, 0.25) is 0 Å². The second-order valence-corrected chi connectivity index (χ2v) is 4.48. The summed E-state index contributed by atoms with van der Waals surface area (Å²) in [6.45, 7) is 1.86. The van der Waals surface area contributed by atoms with E-state index >= 15 is 0 Å². The van der Waals surface area contributed by atoms with Crippen LogP contribution in [0.3, 0.4) is 0 Å². The highest BCUT2D eigenvalue weighted by Crippen LogP contribution is 2.25. The molecule has 2 heterocycles. The summed E-state index contributed by atoms with van der Waals surface area (Å²) in [5.41, 5.74) is 0.976. The molecule has 21 heavy (non-hydrogen) atoms. The lowest BCUT2D eigenvalue weighted by Gasteiger charge is -2.07. The molecule has 0 amide bonds. The number of hydrogen-bond acceptors (Lipinski definition) is 6. The van der Waals surface area contributed by atoms with Crippen LogP contribution < -0.4 is 15.7 Å². The quantitative estimate of drug-likeness (QED) is 0.745. The summed E-state index contributed by atoms with van der Waals surface area (Å²) >= 11 is 0. The predicted octanol–water partition coefficient (Wildman–Crippen LogP) is 2.73. The second kappa shape index (κ2) is 5.24. The van der Waals surface area contributed by atoms with Crippen LogP contribution in [-0.4, -0.2) is 17.0 Å². The standard InChI is InChI=1S/C15H13N3O3/c1-9-7-14(19)21-12-8-10(3-4-11(9)12)20-13-5-6-17-15(16-2)18-13/h3-8H,1-2H3,(H,16,17,18). The molecule has 1 aromatic carbocycles. The Morgan fingerprint density at radius 1 is 1.24 bits per heavy atom. The van der Waals surface area contributed by atoms with E-state index in [1.165, 1.54) is 6.07 Å². The molecule has 0 aliphatic rings. The Hall–Kier alpha value is -2.89. The van der Waals surface area contributed by atoms with Crippen molar-refractivity contribution < 1.29 is 9.15 Å². The first-order valence-corrected chi connectivity index (χ1v) is 6.39. The van der Waals surface area contributed by atoms with Crippen molar-refractivity contribution in [3.05, 3.63) is 52.5 Å². The fraction of sp³-hybridized carbons (Fsp3) is 0.133. The summed E-state index contributed by atoms with van der Waals surface area (Å²) < 4.78 is 10.8. The van der Waals surface area contributed by atoms with Gasteiger partial charge in [0.15, 0.2) is 0 Å². The molecule has 0 aliphatic heterocycles. The van der Waals surface area contributed by atoms with Crippen LogP contribution in [0.25, 0.3) is 11.0 Å². The number of rotatable bonds is 3. The Labute approximate surface area is 120 Å². The SMILES string of the molecule is CNc1nccc(Oc2ccc3c(C)cc(=O)oc3c2)n1. The van der Waals surface area contributed by atoms with Crippen molar-refractivity contribution in [2.75, 3.05) is 12.4 Å². The van der Waals surface area contributed by atoms with E-state index in [9.17, 15) is 4.79 Å². The van der Waals surface area contributed by atoms with E-state index in [0.29, 0.717) is 23.2 Å². The number of nitrogens with one attached hydrogen (secondary N) is 1. The summed E-state index contributed by atoms with van der Waals surface area (Å²) in [6, 6.07) is 8.44. The van der Waals surface area contributed by atoms with E-state index in [2.05, 4.69) is 15.3 Å². The maximum atomic E-state index is 11.4. The first-order valence-electron chi connectivity index (χ1n) is 6.39. The average Bonchev–Trinajstić information content (AvgIpc) is 2.47. The van der Waals surface area contributed by atoms with Crippen LogP contribution >= 0.6 is 0 Å². The normalized spacial score (nSPS) is 10.6. The van der Waals surface area contributed by atoms with Gasteiger partial charge in [-0.15, -0.1) is 0 Å². The number of fused-ring (bicyclic) bond motifs is 1. The molecule has 0 radical (unpaired) electrons. The van der Waals surface area contributed by atoms with Gasteiger partial charge in [-0.05, 0) is 24.6 Å². The van der Waals surface area contributed by atoms with Gasteiger partial charge in [-0.25, -0.2) is 9.78 Å². The first-order chi connectivity index (χ1) is 10.2. The number of aromatic nitrogens is 2. The molecule has 0 aliphatic carbocycles. The van der Waals surface area contributed by atoms with Crippen molar-refractivity contribution in [1.29, 1.82) is 0 Å². The Morgan fingerprint density at radius 2 is 2.10 bits per heavy atom. The predicted molar refractivity (Wildman–Crippen MR) is 78.9 cm³/mol. The Balaban J connectivity index is 1.99. The highest BCUT2D eigenvalue weighted by Gasteiger charge is 2.06. The van der Waals surface area contributed by atoms with E-state index in [0.717, 1.165) is 10.9 Å². The second-order valence-electron chi connectivity index (χ2n) is 4.48. The molecule has 6 heteroatoms. The smallest absolute Gasteiger partial charge is 0.336 e. The van der Waals surface area contributed by atoms with Crippen LogP contribution in [0, 0.1) is 6.92 Å². The molecule has 106 valence electrons. The maximum Gasteiger partial charge on any atom is 0.336 e. The zero-order valence-corrected chi connectivity index (χ0v) is 11.6. The molecule has 0 fully saturated rings. The van der Waals surface area contributed by atoms with Crippen molar-refractivity contribution in [3.63, 3.8) is 0 Å². The summed E-state index contributed by atoms with van der Waals surface area (Å²) in [5, 5.41) is 3.71. The number of hydrogen-bond donors (Lipinski definition) is 1. The van der Waals surface area contributed by atoms with Crippen molar-refractivity contribution in [2.45, 2.75) is 6.92 Å². The van der Waals surface area contributed by atoms with Gasteiger partial charge >= 0.3 is 5.63 Å². The van der Waals surface area contributed by atoms with Gasteiger partial charge in [0, 0.05) is 36.8 Å². The molecule has 6 nitrogen and oxygen atoms in total.